The molecule has 6 rings (SSSR count). The average Bonchev–Trinajstić information content (AvgIpc) is 3.29. The Morgan fingerprint density at radius 2 is 1.10 bits per heavy atom. The highest BCUT2D eigenvalue weighted by Crippen LogP contribution is 2.33. The summed E-state index contributed by atoms with van der Waals surface area (Å²) in [6.07, 6.45) is -1.36. The molecule has 1 aliphatic rings. The predicted octanol–water partition coefficient (Wildman–Crippen LogP) is 8.36. The van der Waals surface area contributed by atoms with Gasteiger partial charge in [0.25, 0.3) is 0 Å². The van der Waals surface area contributed by atoms with Gasteiger partial charge < -0.3 is 24.4 Å². The lowest BCUT2D eigenvalue weighted by molar-refractivity contribution is -0.163. The molecule has 0 spiro atoms. The van der Waals surface area contributed by atoms with Gasteiger partial charge in [0.15, 0.2) is 18.1 Å². The summed E-state index contributed by atoms with van der Waals surface area (Å²) in [6.45, 7) is 5.66. The molecule has 1 fully saturated rings. The normalized spacial score (nSPS) is 15.5. The van der Waals surface area contributed by atoms with Crippen LogP contribution in [0.3, 0.4) is 0 Å². The minimum atomic E-state index is -1.43. The zero-order valence-electron chi connectivity index (χ0n) is 34.4. The fourth-order valence-electron chi connectivity index (χ4n) is 7.05. The largest absolute Gasteiger partial charge is 0.465 e. The molecule has 1 aliphatic heterocycles. The Kier molecular flexibility index (Phi) is 15.7. The molecule has 5 aromatic rings. The monoisotopic (exact) mass is 838 g/mol. The SMILES string of the molecule is CC(=CSCCC(=O)OCC(C)C)C1C(NC(=O)C(C(=O)OC(c2ccccc2)c2ccccc2)c2ccccc2)C(=O)N1CC(=O)OC(c1ccccc1)c1ccccc1. The molecule has 2 amide bonds. The zero-order valence-corrected chi connectivity index (χ0v) is 35.2. The molecule has 3 unspecified atom stereocenters. The Morgan fingerprint density at radius 1 is 0.656 bits per heavy atom. The Hall–Kier alpha value is -6.46. The fourth-order valence-corrected chi connectivity index (χ4v) is 7.85. The second-order valence-electron chi connectivity index (χ2n) is 15.1. The molecule has 0 radical (unpaired) electrons. The van der Waals surface area contributed by atoms with Crippen molar-refractivity contribution >= 4 is 41.5 Å². The molecule has 3 atom stereocenters. The van der Waals surface area contributed by atoms with Crippen molar-refractivity contribution in [3.63, 3.8) is 0 Å². The van der Waals surface area contributed by atoms with Crippen LogP contribution < -0.4 is 5.32 Å². The summed E-state index contributed by atoms with van der Waals surface area (Å²) < 4.78 is 17.6. The van der Waals surface area contributed by atoms with Crippen LogP contribution in [-0.2, 0) is 38.2 Å². The second kappa shape index (κ2) is 21.7. The minimum Gasteiger partial charge on any atom is -0.465 e. The molecule has 10 nitrogen and oxygen atoms in total. The van der Waals surface area contributed by atoms with E-state index in [1.165, 1.54) is 16.7 Å². The number of ether oxygens (including phenoxy) is 3. The van der Waals surface area contributed by atoms with Gasteiger partial charge in [0.1, 0.15) is 12.6 Å². The first-order valence-electron chi connectivity index (χ1n) is 20.3. The number of nitrogens with zero attached hydrogens (tertiary/aromatic N) is 1. The topological polar surface area (TPSA) is 128 Å². The molecule has 5 aromatic carbocycles. The lowest BCUT2D eigenvalue weighted by Gasteiger charge is -2.47. The van der Waals surface area contributed by atoms with Gasteiger partial charge in [-0.3, -0.25) is 24.0 Å². The predicted molar refractivity (Wildman–Crippen MR) is 235 cm³/mol. The molecular formula is C50H50N2O8S. The molecule has 0 bridgehead atoms. The number of amides is 2. The quantitative estimate of drug-likeness (QED) is 0.0287. The summed E-state index contributed by atoms with van der Waals surface area (Å²) in [5.74, 6) is -3.82. The van der Waals surface area contributed by atoms with E-state index >= 15 is 0 Å². The molecule has 1 saturated heterocycles. The van der Waals surface area contributed by atoms with Gasteiger partial charge >= 0.3 is 17.9 Å². The third-order valence-corrected chi connectivity index (χ3v) is 11.0. The highest BCUT2D eigenvalue weighted by Gasteiger charge is 2.51. The maximum absolute atomic E-state index is 14.4. The molecular weight excluding hydrogens is 789 g/mol. The number of carbonyl (C=O) groups is 5. The van der Waals surface area contributed by atoms with E-state index in [4.69, 9.17) is 14.2 Å². The number of benzene rings is 5. The van der Waals surface area contributed by atoms with Gasteiger partial charge in [-0.15, -0.1) is 11.8 Å². The van der Waals surface area contributed by atoms with Crippen molar-refractivity contribution in [1.29, 1.82) is 0 Å². The van der Waals surface area contributed by atoms with Crippen LogP contribution in [0.15, 0.2) is 163 Å². The molecule has 0 aromatic heterocycles. The Bertz CT molecular complexity index is 2180. The van der Waals surface area contributed by atoms with Crippen LogP contribution in [0.5, 0.6) is 0 Å². The fraction of sp³-hybridized carbons (Fsp3) is 0.260. The van der Waals surface area contributed by atoms with Crippen LogP contribution in [0.1, 0.15) is 73.1 Å². The second-order valence-corrected chi connectivity index (χ2v) is 16.1. The van der Waals surface area contributed by atoms with Crippen LogP contribution >= 0.6 is 11.8 Å². The highest BCUT2D eigenvalue weighted by molar-refractivity contribution is 8.02. The molecule has 11 heteroatoms. The van der Waals surface area contributed by atoms with Crippen LogP contribution in [0, 0.1) is 5.92 Å². The smallest absolute Gasteiger partial charge is 0.326 e. The molecule has 314 valence electrons. The summed E-state index contributed by atoms with van der Waals surface area (Å²) in [7, 11) is 0. The van der Waals surface area contributed by atoms with Crippen molar-refractivity contribution in [2.45, 2.75) is 57.4 Å². The molecule has 0 aliphatic carbocycles. The van der Waals surface area contributed by atoms with Crippen molar-refractivity contribution in [3.05, 3.63) is 190 Å². The van der Waals surface area contributed by atoms with E-state index < -0.39 is 60.5 Å². The van der Waals surface area contributed by atoms with E-state index in [2.05, 4.69) is 5.32 Å². The Morgan fingerprint density at radius 3 is 1.56 bits per heavy atom. The third-order valence-electron chi connectivity index (χ3n) is 10.1. The van der Waals surface area contributed by atoms with Crippen LogP contribution in [0.4, 0.5) is 0 Å². The third kappa shape index (κ3) is 11.9. The summed E-state index contributed by atoms with van der Waals surface area (Å²) in [6, 6.07) is 43.8. The number of esters is 3. The number of hydrogen-bond donors (Lipinski definition) is 1. The van der Waals surface area contributed by atoms with Crippen LogP contribution in [-0.4, -0.2) is 65.6 Å². The van der Waals surface area contributed by atoms with Gasteiger partial charge in [0.05, 0.1) is 19.1 Å². The maximum atomic E-state index is 14.4. The first kappa shape index (κ1) is 44.1. The van der Waals surface area contributed by atoms with Crippen LogP contribution in [0.25, 0.3) is 0 Å². The van der Waals surface area contributed by atoms with Crippen molar-refractivity contribution in [2.24, 2.45) is 5.92 Å². The molecule has 1 heterocycles. The first-order chi connectivity index (χ1) is 29.6. The van der Waals surface area contributed by atoms with E-state index in [-0.39, 0.29) is 18.3 Å². The number of carbonyl (C=O) groups excluding carboxylic acids is 5. The summed E-state index contributed by atoms with van der Waals surface area (Å²) in [5.41, 5.74) is 4.01. The van der Waals surface area contributed by atoms with E-state index in [1.807, 2.05) is 141 Å². The van der Waals surface area contributed by atoms with E-state index in [1.54, 1.807) is 37.3 Å². The van der Waals surface area contributed by atoms with E-state index in [0.29, 0.717) is 23.5 Å². The summed E-state index contributed by atoms with van der Waals surface area (Å²) >= 11 is 1.36. The van der Waals surface area contributed by atoms with Crippen molar-refractivity contribution < 1.29 is 38.2 Å². The van der Waals surface area contributed by atoms with Crippen LogP contribution in [0.2, 0.25) is 0 Å². The minimum absolute atomic E-state index is 0.176. The number of β-lactam (4-membered cyclic amide) rings is 1. The Balaban J connectivity index is 1.24. The lowest BCUT2D eigenvalue weighted by Crippen LogP contribution is -2.72. The standard InChI is InChI=1S/C50H50N2O8S/c1-34(2)32-58-41(53)29-30-61-33-35(3)45-44(49(56)52(45)31-42(54)59-46(37-21-11-5-12-22-37)38-23-13-6-14-24-38)51-48(55)43(36-19-9-4-10-20-36)50(57)60-47(39-25-15-7-16-26-39)40-27-17-8-18-28-40/h4-28,33-34,43-47H,29-32H2,1-3H3,(H,51,55). The molecule has 1 N–H and O–H groups in total. The number of rotatable bonds is 19. The summed E-state index contributed by atoms with van der Waals surface area (Å²) in [4.78, 5) is 70.2. The number of likely N-dealkylation sites (tertiary alicyclic amines) is 1. The van der Waals surface area contributed by atoms with Crippen molar-refractivity contribution in [1.82, 2.24) is 10.2 Å². The summed E-state index contributed by atoms with van der Waals surface area (Å²) in [5, 5.41) is 4.67. The van der Waals surface area contributed by atoms with Gasteiger partial charge in [0.2, 0.25) is 11.8 Å². The van der Waals surface area contributed by atoms with Crippen molar-refractivity contribution in [2.75, 3.05) is 18.9 Å². The number of thioether (sulfide) groups is 1. The molecule has 0 saturated carbocycles. The van der Waals surface area contributed by atoms with Gasteiger partial charge in [0, 0.05) is 5.75 Å². The van der Waals surface area contributed by atoms with Gasteiger partial charge in [-0.1, -0.05) is 166 Å². The number of nitrogens with one attached hydrogen (secondary N) is 1. The van der Waals surface area contributed by atoms with Crippen molar-refractivity contribution in [3.8, 4) is 0 Å². The highest BCUT2D eigenvalue weighted by atomic mass is 32.2. The zero-order chi connectivity index (χ0) is 43.1. The maximum Gasteiger partial charge on any atom is 0.326 e. The van der Waals surface area contributed by atoms with Gasteiger partial charge in [-0.05, 0) is 51.6 Å². The lowest BCUT2D eigenvalue weighted by atomic mass is 9.88. The number of hydrogen-bond acceptors (Lipinski definition) is 9. The Labute approximate surface area is 361 Å². The molecule has 61 heavy (non-hydrogen) atoms. The van der Waals surface area contributed by atoms with E-state index in [0.717, 1.165) is 22.3 Å². The first-order valence-corrected chi connectivity index (χ1v) is 21.3. The van der Waals surface area contributed by atoms with E-state index in [9.17, 15) is 24.0 Å². The van der Waals surface area contributed by atoms with Gasteiger partial charge in [-0.25, -0.2) is 0 Å². The van der Waals surface area contributed by atoms with Gasteiger partial charge in [-0.2, -0.15) is 0 Å². The average molecular weight is 839 g/mol.